The standard InChI is InChI=1S/2C19H20N2.2C7H12N2/c1-19(2,3)21-14-20-17(15-10-6-4-7-11-15)18(21)16-12-8-5-9-13-16;1-19(2,3)21-18(16-12-8-5-9-13-16)17(14-20-21)15-10-6-4-7-11-15;1-7(2,3)9-5-4-8-6-9;1-7(2,3)9-6-4-5-8-9/h2*4-14H,1-3H3;2*4-6H,1-3H3. The van der Waals surface area contributed by atoms with Crippen LogP contribution in [0.2, 0.25) is 0 Å². The van der Waals surface area contributed by atoms with Crippen LogP contribution < -0.4 is 0 Å². The molecule has 0 unspecified atom stereocenters. The van der Waals surface area contributed by atoms with Crippen LogP contribution >= 0.6 is 0 Å². The van der Waals surface area contributed by atoms with Crippen molar-refractivity contribution in [1.82, 2.24) is 38.7 Å². The molecule has 0 fully saturated rings. The van der Waals surface area contributed by atoms with Crippen LogP contribution in [0.3, 0.4) is 0 Å². The minimum absolute atomic E-state index is 0.00873. The third-order valence-electron chi connectivity index (χ3n) is 9.59. The Labute approximate surface area is 358 Å². The van der Waals surface area contributed by atoms with E-state index in [0.717, 1.165) is 11.3 Å². The predicted octanol–water partition coefficient (Wildman–Crippen LogP) is 13.2. The van der Waals surface area contributed by atoms with Gasteiger partial charge in [0, 0.05) is 58.1 Å². The topological polar surface area (TPSA) is 71.3 Å². The Morgan fingerprint density at radius 2 is 0.917 bits per heavy atom. The van der Waals surface area contributed by atoms with Gasteiger partial charge < -0.3 is 9.13 Å². The highest BCUT2D eigenvalue weighted by molar-refractivity contribution is 5.81. The summed E-state index contributed by atoms with van der Waals surface area (Å²) < 4.78 is 8.38. The Hall–Kier alpha value is -6.28. The molecule has 8 nitrogen and oxygen atoms in total. The van der Waals surface area contributed by atoms with E-state index in [-0.39, 0.29) is 22.2 Å². The first-order valence-electron chi connectivity index (χ1n) is 20.7. The number of benzene rings is 4. The van der Waals surface area contributed by atoms with Gasteiger partial charge in [-0.15, -0.1) is 0 Å². The second-order valence-electron chi connectivity index (χ2n) is 18.7. The molecule has 0 spiro atoms. The van der Waals surface area contributed by atoms with Gasteiger partial charge in [0.25, 0.3) is 0 Å². The smallest absolute Gasteiger partial charge is 0.0963 e. The van der Waals surface area contributed by atoms with Crippen molar-refractivity contribution in [2.45, 2.75) is 105 Å². The number of aromatic nitrogens is 8. The van der Waals surface area contributed by atoms with E-state index in [4.69, 9.17) is 4.98 Å². The molecule has 4 aromatic carbocycles. The highest BCUT2D eigenvalue weighted by atomic mass is 15.3. The molecule has 4 heterocycles. The van der Waals surface area contributed by atoms with Crippen LogP contribution in [0.15, 0.2) is 171 Å². The molecule has 312 valence electrons. The van der Waals surface area contributed by atoms with Crippen molar-refractivity contribution in [1.29, 1.82) is 0 Å². The highest BCUT2D eigenvalue weighted by Gasteiger charge is 2.24. The lowest BCUT2D eigenvalue weighted by atomic mass is 10.00. The van der Waals surface area contributed by atoms with Gasteiger partial charge in [-0.3, -0.25) is 9.36 Å². The molecule has 8 rings (SSSR count). The number of hydrogen-bond donors (Lipinski definition) is 0. The fourth-order valence-corrected chi connectivity index (χ4v) is 6.42. The summed E-state index contributed by atoms with van der Waals surface area (Å²) in [6.45, 7) is 26.0. The maximum Gasteiger partial charge on any atom is 0.0963 e. The van der Waals surface area contributed by atoms with E-state index < -0.39 is 0 Å². The van der Waals surface area contributed by atoms with Crippen LogP contribution in [-0.2, 0) is 22.2 Å². The molecule has 8 heteroatoms. The average Bonchev–Trinajstić information content (AvgIpc) is 4.06. The monoisotopic (exact) mass is 801 g/mol. The van der Waals surface area contributed by atoms with E-state index in [9.17, 15) is 0 Å². The first-order chi connectivity index (χ1) is 28.4. The van der Waals surface area contributed by atoms with Crippen molar-refractivity contribution in [3.63, 3.8) is 0 Å². The maximum atomic E-state index is 4.69. The third kappa shape index (κ3) is 11.9. The second kappa shape index (κ2) is 19.2. The van der Waals surface area contributed by atoms with Gasteiger partial charge in [-0.05, 0) is 94.7 Å². The number of nitrogens with zero attached hydrogens (tertiary/aromatic N) is 8. The van der Waals surface area contributed by atoms with E-state index in [0.29, 0.717) is 0 Å². The summed E-state index contributed by atoms with van der Waals surface area (Å²) in [5, 5.41) is 8.76. The molecule has 4 aromatic heterocycles. The summed E-state index contributed by atoms with van der Waals surface area (Å²) in [6.07, 6.45) is 13.3. The zero-order valence-electron chi connectivity index (χ0n) is 37.7. The maximum absolute atomic E-state index is 4.69. The molecule has 0 saturated heterocycles. The van der Waals surface area contributed by atoms with Gasteiger partial charge in [-0.1, -0.05) is 121 Å². The van der Waals surface area contributed by atoms with E-state index in [1.165, 1.54) is 33.6 Å². The van der Waals surface area contributed by atoms with Gasteiger partial charge in [0.15, 0.2) is 0 Å². The molecule has 60 heavy (non-hydrogen) atoms. The predicted molar refractivity (Wildman–Crippen MR) is 251 cm³/mol. The minimum atomic E-state index is -0.0573. The van der Waals surface area contributed by atoms with Crippen molar-refractivity contribution in [3.05, 3.63) is 171 Å². The summed E-state index contributed by atoms with van der Waals surface area (Å²) in [5.41, 5.74) is 9.56. The van der Waals surface area contributed by atoms with Gasteiger partial charge in [-0.25, -0.2) is 9.97 Å². The van der Waals surface area contributed by atoms with Gasteiger partial charge in [0.05, 0.1) is 47.0 Å². The number of hydrogen-bond acceptors (Lipinski definition) is 4. The Kier molecular flexibility index (Phi) is 14.3. The SMILES string of the molecule is CC(C)(C)n1cccn1.CC(C)(C)n1ccnc1.CC(C)(C)n1cnc(-c2ccccc2)c1-c1ccccc1.CC(C)(C)n1ncc(-c2ccccc2)c1-c1ccccc1. The molecule has 0 amide bonds. The molecule has 8 aromatic rings. The van der Waals surface area contributed by atoms with Gasteiger partial charge in [0.2, 0.25) is 0 Å². The van der Waals surface area contributed by atoms with Crippen LogP contribution in [0.25, 0.3) is 44.9 Å². The first kappa shape index (κ1) is 44.8. The Balaban J connectivity index is 0.000000163. The summed E-state index contributed by atoms with van der Waals surface area (Å²) in [6, 6.07) is 43.7. The summed E-state index contributed by atoms with van der Waals surface area (Å²) >= 11 is 0. The molecular weight excluding hydrogens is 737 g/mol. The minimum Gasteiger partial charge on any atom is -0.332 e. The van der Waals surface area contributed by atoms with E-state index >= 15 is 0 Å². The van der Waals surface area contributed by atoms with Crippen molar-refractivity contribution in [3.8, 4) is 44.9 Å². The molecule has 0 aliphatic carbocycles. The molecule has 0 saturated carbocycles. The lowest BCUT2D eigenvalue weighted by molar-refractivity contribution is 0.355. The fourth-order valence-electron chi connectivity index (χ4n) is 6.42. The fraction of sp³-hybridized carbons (Fsp3) is 0.308. The van der Waals surface area contributed by atoms with Crippen molar-refractivity contribution < 1.29 is 0 Å². The lowest BCUT2D eigenvalue weighted by Crippen LogP contribution is -2.24. The normalized spacial score (nSPS) is 11.7. The van der Waals surface area contributed by atoms with E-state index in [1.807, 2.05) is 66.3 Å². The van der Waals surface area contributed by atoms with Crippen molar-refractivity contribution in [2.24, 2.45) is 0 Å². The molecule has 0 N–H and O–H groups in total. The highest BCUT2D eigenvalue weighted by Crippen LogP contribution is 2.36. The van der Waals surface area contributed by atoms with Crippen LogP contribution in [-0.4, -0.2) is 38.7 Å². The summed E-state index contributed by atoms with van der Waals surface area (Å²) in [4.78, 5) is 8.64. The van der Waals surface area contributed by atoms with E-state index in [1.54, 1.807) is 12.4 Å². The first-order valence-corrected chi connectivity index (χ1v) is 20.7. The average molecular weight is 801 g/mol. The Bertz CT molecular complexity index is 2240. The van der Waals surface area contributed by atoms with Crippen LogP contribution in [0, 0.1) is 0 Å². The van der Waals surface area contributed by atoms with Gasteiger partial charge >= 0.3 is 0 Å². The Morgan fingerprint density at radius 3 is 1.30 bits per heavy atom. The quantitative estimate of drug-likeness (QED) is 0.178. The van der Waals surface area contributed by atoms with Gasteiger partial charge in [0.1, 0.15) is 0 Å². The van der Waals surface area contributed by atoms with Crippen LogP contribution in [0.5, 0.6) is 0 Å². The van der Waals surface area contributed by atoms with Crippen molar-refractivity contribution in [2.75, 3.05) is 0 Å². The second-order valence-corrected chi connectivity index (χ2v) is 18.7. The third-order valence-corrected chi connectivity index (χ3v) is 9.59. The summed E-state index contributed by atoms with van der Waals surface area (Å²) in [5.74, 6) is 0. The molecule has 0 aliphatic rings. The lowest BCUT2D eigenvalue weighted by Gasteiger charge is -2.24. The number of imidazole rings is 2. The zero-order chi connectivity index (χ0) is 43.6. The van der Waals surface area contributed by atoms with E-state index in [2.05, 4.69) is 209 Å². The van der Waals surface area contributed by atoms with Gasteiger partial charge in [-0.2, -0.15) is 10.2 Å². The zero-order valence-corrected chi connectivity index (χ0v) is 37.7. The molecule has 0 bridgehead atoms. The largest absolute Gasteiger partial charge is 0.332 e. The Morgan fingerprint density at radius 1 is 0.417 bits per heavy atom. The molecule has 0 radical (unpaired) electrons. The number of rotatable bonds is 4. The summed E-state index contributed by atoms with van der Waals surface area (Å²) in [7, 11) is 0. The molecule has 0 atom stereocenters. The van der Waals surface area contributed by atoms with Crippen LogP contribution in [0.1, 0.15) is 83.1 Å². The molecular formula is C52H64N8. The molecule has 0 aliphatic heterocycles. The van der Waals surface area contributed by atoms with Crippen LogP contribution in [0.4, 0.5) is 0 Å². The van der Waals surface area contributed by atoms with Crippen molar-refractivity contribution >= 4 is 0 Å².